The number of carbonyl (C=O) groups is 1. The van der Waals surface area contributed by atoms with Crippen molar-refractivity contribution < 1.29 is 4.79 Å². The van der Waals surface area contributed by atoms with Crippen molar-refractivity contribution in [2.75, 3.05) is 0 Å². The quantitative estimate of drug-likeness (QED) is 0.781. The lowest BCUT2D eigenvalue weighted by Gasteiger charge is -2.07. The number of rotatable bonds is 4. The molecule has 0 aliphatic rings. The molecule has 2 aromatic rings. The number of halogens is 1. The van der Waals surface area contributed by atoms with Gasteiger partial charge in [0.1, 0.15) is 0 Å². The van der Waals surface area contributed by atoms with Gasteiger partial charge in [0.2, 0.25) is 0 Å². The number of hydrogen-bond acceptors (Lipinski definition) is 2. The SMILES string of the molecule is CCCn1nc(C)c(-c2ccc(C(C)=O)c(Cl)c2)c1C. The molecule has 4 heteroatoms. The van der Waals surface area contributed by atoms with Gasteiger partial charge in [0.05, 0.1) is 10.7 Å². The molecule has 106 valence electrons. The Morgan fingerprint density at radius 3 is 2.60 bits per heavy atom. The van der Waals surface area contributed by atoms with Crippen LogP contribution in [0.2, 0.25) is 5.02 Å². The summed E-state index contributed by atoms with van der Waals surface area (Å²) in [6.07, 6.45) is 1.05. The molecule has 0 fully saturated rings. The Hall–Kier alpha value is -1.61. The highest BCUT2D eigenvalue weighted by atomic mass is 35.5. The number of aromatic nitrogens is 2. The molecular weight excluding hydrogens is 272 g/mol. The molecule has 0 saturated heterocycles. The third kappa shape index (κ3) is 2.63. The summed E-state index contributed by atoms with van der Waals surface area (Å²) in [5.41, 5.74) is 4.80. The van der Waals surface area contributed by atoms with Crippen LogP contribution in [0.5, 0.6) is 0 Å². The van der Waals surface area contributed by atoms with E-state index in [0.717, 1.165) is 35.5 Å². The number of ketones is 1. The van der Waals surface area contributed by atoms with Crippen molar-refractivity contribution in [1.82, 2.24) is 9.78 Å². The van der Waals surface area contributed by atoms with E-state index in [0.29, 0.717) is 10.6 Å². The van der Waals surface area contributed by atoms with E-state index in [1.807, 2.05) is 23.7 Å². The van der Waals surface area contributed by atoms with Crippen molar-refractivity contribution in [3.63, 3.8) is 0 Å². The Kier molecular flexibility index (Phi) is 4.29. The maximum absolute atomic E-state index is 11.4. The number of nitrogens with zero attached hydrogens (tertiary/aromatic N) is 2. The first kappa shape index (κ1) is 14.8. The second kappa shape index (κ2) is 5.80. The van der Waals surface area contributed by atoms with E-state index in [4.69, 9.17) is 11.6 Å². The predicted molar refractivity (Wildman–Crippen MR) is 82.4 cm³/mol. The smallest absolute Gasteiger partial charge is 0.161 e. The van der Waals surface area contributed by atoms with Crippen LogP contribution in [0, 0.1) is 13.8 Å². The molecule has 1 heterocycles. The molecule has 0 unspecified atom stereocenters. The van der Waals surface area contributed by atoms with E-state index in [-0.39, 0.29) is 5.78 Å². The lowest BCUT2D eigenvalue weighted by molar-refractivity contribution is 0.101. The van der Waals surface area contributed by atoms with Crippen molar-refractivity contribution >= 4 is 17.4 Å². The van der Waals surface area contributed by atoms with Gasteiger partial charge in [0, 0.05) is 23.4 Å². The fourth-order valence-electron chi connectivity index (χ4n) is 2.50. The monoisotopic (exact) mass is 290 g/mol. The predicted octanol–water partition coefficient (Wildman–Crippen LogP) is 4.43. The second-order valence-electron chi connectivity index (χ2n) is 5.02. The first-order valence-electron chi connectivity index (χ1n) is 6.80. The van der Waals surface area contributed by atoms with Gasteiger partial charge >= 0.3 is 0 Å². The van der Waals surface area contributed by atoms with Crippen LogP contribution >= 0.6 is 11.6 Å². The van der Waals surface area contributed by atoms with Crippen molar-refractivity contribution in [2.45, 2.75) is 40.7 Å². The Bertz CT molecular complexity index is 659. The second-order valence-corrected chi connectivity index (χ2v) is 5.43. The van der Waals surface area contributed by atoms with Gasteiger partial charge in [-0.25, -0.2) is 0 Å². The molecule has 0 N–H and O–H groups in total. The highest BCUT2D eigenvalue weighted by Crippen LogP contribution is 2.30. The normalized spacial score (nSPS) is 10.8. The lowest BCUT2D eigenvalue weighted by Crippen LogP contribution is -2.01. The van der Waals surface area contributed by atoms with Gasteiger partial charge < -0.3 is 0 Å². The fourth-order valence-corrected chi connectivity index (χ4v) is 2.81. The average molecular weight is 291 g/mol. The molecule has 0 amide bonds. The molecule has 0 saturated carbocycles. The van der Waals surface area contributed by atoms with Crippen molar-refractivity contribution in [1.29, 1.82) is 0 Å². The molecule has 2 rings (SSSR count). The Morgan fingerprint density at radius 1 is 1.35 bits per heavy atom. The molecule has 0 aliphatic carbocycles. The number of Topliss-reactive ketones (excluding diaryl/α,β-unsaturated/α-hetero) is 1. The first-order valence-corrected chi connectivity index (χ1v) is 7.18. The summed E-state index contributed by atoms with van der Waals surface area (Å²) >= 11 is 6.20. The number of hydrogen-bond donors (Lipinski definition) is 0. The van der Waals surface area contributed by atoms with Gasteiger partial charge in [-0.05, 0) is 44.9 Å². The Balaban J connectivity index is 2.52. The zero-order valence-electron chi connectivity index (χ0n) is 12.3. The summed E-state index contributed by atoms with van der Waals surface area (Å²) in [5, 5.41) is 5.07. The van der Waals surface area contributed by atoms with Crippen LogP contribution in [-0.2, 0) is 6.54 Å². The van der Waals surface area contributed by atoms with E-state index in [2.05, 4.69) is 18.9 Å². The van der Waals surface area contributed by atoms with Gasteiger partial charge in [0.15, 0.2) is 5.78 Å². The zero-order chi connectivity index (χ0) is 14.9. The summed E-state index contributed by atoms with van der Waals surface area (Å²) < 4.78 is 2.03. The maximum Gasteiger partial charge on any atom is 0.161 e. The van der Waals surface area contributed by atoms with Crippen molar-refractivity contribution in [3.8, 4) is 11.1 Å². The largest absolute Gasteiger partial charge is 0.294 e. The van der Waals surface area contributed by atoms with Crippen molar-refractivity contribution in [2.24, 2.45) is 0 Å². The summed E-state index contributed by atoms with van der Waals surface area (Å²) in [4.78, 5) is 11.4. The number of aryl methyl sites for hydroxylation is 2. The molecule has 1 aromatic carbocycles. The van der Waals surface area contributed by atoms with E-state index < -0.39 is 0 Å². The van der Waals surface area contributed by atoms with Crippen LogP contribution in [-0.4, -0.2) is 15.6 Å². The van der Waals surface area contributed by atoms with Crippen LogP contribution in [0.1, 0.15) is 42.0 Å². The zero-order valence-corrected chi connectivity index (χ0v) is 13.1. The van der Waals surface area contributed by atoms with Gasteiger partial charge in [0.25, 0.3) is 0 Å². The van der Waals surface area contributed by atoms with Gasteiger partial charge in [-0.2, -0.15) is 5.10 Å². The average Bonchev–Trinajstić information content (AvgIpc) is 2.64. The summed E-state index contributed by atoms with van der Waals surface area (Å²) in [7, 11) is 0. The molecule has 0 aliphatic heterocycles. The number of benzene rings is 1. The highest BCUT2D eigenvalue weighted by molar-refractivity contribution is 6.34. The third-order valence-electron chi connectivity index (χ3n) is 3.45. The van der Waals surface area contributed by atoms with E-state index >= 15 is 0 Å². The summed E-state index contributed by atoms with van der Waals surface area (Å²) in [6, 6.07) is 5.58. The molecule has 3 nitrogen and oxygen atoms in total. The molecule has 0 spiro atoms. The van der Waals surface area contributed by atoms with Gasteiger partial charge in [-0.15, -0.1) is 0 Å². The molecule has 1 aromatic heterocycles. The molecule has 0 bridgehead atoms. The molecule has 0 radical (unpaired) electrons. The van der Waals surface area contributed by atoms with Crippen molar-refractivity contribution in [3.05, 3.63) is 40.2 Å². The third-order valence-corrected chi connectivity index (χ3v) is 3.77. The van der Waals surface area contributed by atoms with Gasteiger partial charge in [-0.1, -0.05) is 24.6 Å². The Labute approximate surface area is 124 Å². The van der Waals surface area contributed by atoms with Crippen LogP contribution in [0.15, 0.2) is 18.2 Å². The highest BCUT2D eigenvalue weighted by Gasteiger charge is 2.15. The molecule has 0 atom stereocenters. The first-order chi connectivity index (χ1) is 9.45. The summed E-state index contributed by atoms with van der Waals surface area (Å²) in [5.74, 6) is -0.0170. The fraction of sp³-hybridized carbons (Fsp3) is 0.375. The minimum atomic E-state index is -0.0170. The minimum Gasteiger partial charge on any atom is -0.294 e. The van der Waals surface area contributed by atoms with Crippen LogP contribution in [0.25, 0.3) is 11.1 Å². The standard InChI is InChI=1S/C16H19ClN2O/c1-5-8-19-11(3)16(10(2)18-19)13-6-7-14(12(4)20)15(17)9-13/h6-7,9H,5,8H2,1-4H3. The van der Waals surface area contributed by atoms with Crippen LogP contribution < -0.4 is 0 Å². The Morgan fingerprint density at radius 2 is 2.05 bits per heavy atom. The maximum atomic E-state index is 11.4. The molecular formula is C16H19ClN2O. The van der Waals surface area contributed by atoms with E-state index in [1.54, 1.807) is 6.07 Å². The lowest BCUT2D eigenvalue weighted by atomic mass is 10.0. The summed E-state index contributed by atoms with van der Waals surface area (Å²) in [6.45, 7) is 8.64. The molecule has 20 heavy (non-hydrogen) atoms. The van der Waals surface area contributed by atoms with E-state index in [1.165, 1.54) is 6.92 Å². The number of carbonyl (C=O) groups excluding carboxylic acids is 1. The van der Waals surface area contributed by atoms with E-state index in [9.17, 15) is 4.79 Å². The van der Waals surface area contributed by atoms with Crippen LogP contribution in [0.4, 0.5) is 0 Å². The van der Waals surface area contributed by atoms with Gasteiger partial charge in [-0.3, -0.25) is 9.48 Å². The van der Waals surface area contributed by atoms with Crippen LogP contribution in [0.3, 0.4) is 0 Å². The topological polar surface area (TPSA) is 34.9 Å². The minimum absolute atomic E-state index is 0.0170.